The molecule has 2 saturated heterocycles. The van der Waals surface area contributed by atoms with E-state index in [-0.39, 0.29) is 23.8 Å². The van der Waals surface area contributed by atoms with Gasteiger partial charge in [-0.05, 0) is 38.6 Å². The molecule has 2 amide bonds. The zero-order chi connectivity index (χ0) is 14.6. The van der Waals surface area contributed by atoms with Crippen LogP contribution in [0.3, 0.4) is 0 Å². The van der Waals surface area contributed by atoms with Crippen molar-refractivity contribution in [2.24, 2.45) is 5.41 Å². The average molecular weight is 281 g/mol. The molecule has 1 unspecified atom stereocenters. The number of hydrogen-bond acceptors (Lipinski definition) is 3. The van der Waals surface area contributed by atoms with E-state index in [9.17, 15) is 9.59 Å². The molecule has 5 heteroatoms. The number of amides is 2. The van der Waals surface area contributed by atoms with Gasteiger partial charge in [0.05, 0.1) is 12.0 Å². The molecule has 2 aliphatic rings. The maximum Gasteiger partial charge on any atom is 0.242 e. The van der Waals surface area contributed by atoms with Gasteiger partial charge in [-0.1, -0.05) is 6.92 Å². The number of likely N-dealkylation sites (N-methyl/N-ethyl adjacent to an activating group) is 1. The molecule has 0 aromatic carbocycles. The summed E-state index contributed by atoms with van der Waals surface area (Å²) in [7, 11) is 1.77. The Balaban J connectivity index is 1.94. The van der Waals surface area contributed by atoms with Gasteiger partial charge in [0.15, 0.2) is 0 Å². The van der Waals surface area contributed by atoms with Crippen LogP contribution in [0.25, 0.3) is 0 Å². The van der Waals surface area contributed by atoms with Gasteiger partial charge in [-0.3, -0.25) is 9.59 Å². The highest BCUT2D eigenvalue weighted by Crippen LogP contribution is 2.32. The maximum absolute atomic E-state index is 12.7. The molecular weight excluding hydrogens is 254 g/mol. The lowest BCUT2D eigenvalue weighted by molar-refractivity contribution is -0.146. The van der Waals surface area contributed by atoms with Crippen LogP contribution in [0, 0.1) is 5.41 Å². The molecule has 0 aromatic heterocycles. The number of piperidine rings is 1. The Morgan fingerprint density at radius 1 is 1.25 bits per heavy atom. The Morgan fingerprint density at radius 2 is 1.95 bits per heavy atom. The smallest absolute Gasteiger partial charge is 0.242 e. The van der Waals surface area contributed by atoms with Gasteiger partial charge < -0.3 is 15.1 Å². The topological polar surface area (TPSA) is 52.7 Å². The van der Waals surface area contributed by atoms with E-state index in [1.807, 2.05) is 4.90 Å². The minimum absolute atomic E-state index is 0.0911. The highest BCUT2D eigenvalue weighted by atomic mass is 16.2. The highest BCUT2D eigenvalue weighted by molar-refractivity contribution is 5.88. The lowest BCUT2D eigenvalue weighted by Gasteiger charge is -2.38. The molecule has 1 N–H and O–H groups in total. The fourth-order valence-corrected chi connectivity index (χ4v) is 3.35. The summed E-state index contributed by atoms with van der Waals surface area (Å²) in [5.41, 5.74) is -0.307. The van der Waals surface area contributed by atoms with Crippen molar-refractivity contribution in [2.75, 3.05) is 39.8 Å². The van der Waals surface area contributed by atoms with Crippen LogP contribution >= 0.6 is 0 Å². The fourth-order valence-electron chi connectivity index (χ4n) is 3.35. The largest absolute Gasteiger partial charge is 0.341 e. The Morgan fingerprint density at radius 3 is 2.50 bits per heavy atom. The summed E-state index contributed by atoms with van der Waals surface area (Å²) in [4.78, 5) is 28.4. The van der Waals surface area contributed by atoms with Crippen molar-refractivity contribution < 1.29 is 9.59 Å². The van der Waals surface area contributed by atoms with Crippen LogP contribution in [0.2, 0.25) is 0 Å². The SMILES string of the molecule is CCC1(C(=O)N(C)CC(=O)N2CCCC2)CCCNC1. The van der Waals surface area contributed by atoms with Crippen molar-refractivity contribution in [1.82, 2.24) is 15.1 Å². The molecule has 0 bridgehead atoms. The monoisotopic (exact) mass is 281 g/mol. The van der Waals surface area contributed by atoms with Crippen LogP contribution in [0.15, 0.2) is 0 Å². The van der Waals surface area contributed by atoms with E-state index in [1.165, 1.54) is 0 Å². The average Bonchev–Trinajstić information content (AvgIpc) is 3.01. The Hall–Kier alpha value is -1.10. The summed E-state index contributed by atoms with van der Waals surface area (Å²) in [5, 5.41) is 3.33. The van der Waals surface area contributed by atoms with Gasteiger partial charge in [0.25, 0.3) is 0 Å². The van der Waals surface area contributed by atoms with Crippen molar-refractivity contribution in [1.29, 1.82) is 0 Å². The van der Waals surface area contributed by atoms with Crippen LogP contribution in [0.5, 0.6) is 0 Å². The lowest BCUT2D eigenvalue weighted by Crippen LogP contribution is -2.52. The summed E-state index contributed by atoms with van der Waals surface area (Å²) >= 11 is 0. The molecule has 0 aliphatic carbocycles. The van der Waals surface area contributed by atoms with Crippen LogP contribution in [-0.2, 0) is 9.59 Å². The zero-order valence-corrected chi connectivity index (χ0v) is 12.8. The predicted molar refractivity (Wildman–Crippen MR) is 78.3 cm³/mol. The molecule has 0 saturated carbocycles. The van der Waals surface area contributed by atoms with E-state index in [0.717, 1.165) is 58.3 Å². The second-order valence-corrected chi connectivity index (χ2v) is 6.16. The Bertz CT molecular complexity index is 358. The quantitative estimate of drug-likeness (QED) is 0.831. The van der Waals surface area contributed by atoms with Crippen molar-refractivity contribution in [3.05, 3.63) is 0 Å². The van der Waals surface area contributed by atoms with E-state index in [1.54, 1.807) is 11.9 Å². The first-order chi connectivity index (χ1) is 9.59. The third kappa shape index (κ3) is 3.14. The molecule has 5 nitrogen and oxygen atoms in total. The standard InChI is InChI=1S/C15H27N3O2/c1-3-15(7-6-8-16-12-15)14(20)17(2)11-13(19)18-9-4-5-10-18/h16H,3-12H2,1-2H3. The van der Waals surface area contributed by atoms with Gasteiger partial charge in [-0.25, -0.2) is 0 Å². The Kier molecular flexibility index (Phi) is 5.02. The summed E-state index contributed by atoms with van der Waals surface area (Å²) < 4.78 is 0. The number of carbonyl (C=O) groups is 2. The van der Waals surface area contributed by atoms with Gasteiger partial charge in [0, 0.05) is 26.7 Å². The van der Waals surface area contributed by atoms with Crippen LogP contribution in [-0.4, -0.2) is 61.4 Å². The minimum Gasteiger partial charge on any atom is -0.341 e. The Labute approximate surface area is 121 Å². The molecule has 0 radical (unpaired) electrons. The number of nitrogens with one attached hydrogen (secondary N) is 1. The second kappa shape index (κ2) is 6.57. The van der Waals surface area contributed by atoms with E-state index in [0.29, 0.717) is 0 Å². The molecule has 20 heavy (non-hydrogen) atoms. The summed E-state index contributed by atoms with van der Waals surface area (Å²) in [5.74, 6) is 0.216. The van der Waals surface area contributed by atoms with E-state index in [2.05, 4.69) is 12.2 Å². The fraction of sp³-hybridized carbons (Fsp3) is 0.867. The predicted octanol–water partition coefficient (Wildman–Crippen LogP) is 0.847. The normalized spacial score (nSPS) is 26.6. The van der Waals surface area contributed by atoms with E-state index in [4.69, 9.17) is 0 Å². The summed E-state index contributed by atoms with van der Waals surface area (Å²) in [6, 6.07) is 0. The van der Waals surface area contributed by atoms with Crippen molar-refractivity contribution >= 4 is 11.8 Å². The first-order valence-corrected chi connectivity index (χ1v) is 7.83. The van der Waals surface area contributed by atoms with Gasteiger partial charge in [0.2, 0.25) is 11.8 Å². The zero-order valence-electron chi connectivity index (χ0n) is 12.8. The first-order valence-electron chi connectivity index (χ1n) is 7.83. The molecule has 1 atom stereocenters. The van der Waals surface area contributed by atoms with Gasteiger partial charge in [-0.2, -0.15) is 0 Å². The summed E-state index contributed by atoms with van der Waals surface area (Å²) in [6.07, 6.45) is 4.98. The lowest BCUT2D eigenvalue weighted by atomic mass is 9.77. The highest BCUT2D eigenvalue weighted by Gasteiger charge is 2.40. The molecular formula is C15H27N3O2. The number of likely N-dealkylation sites (tertiary alicyclic amines) is 1. The minimum atomic E-state index is -0.307. The molecule has 2 heterocycles. The number of rotatable bonds is 4. The second-order valence-electron chi connectivity index (χ2n) is 6.16. The third-order valence-corrected chi connectivity index (χ3v) is 4.78. The molecule has 2 fully saturated rings. The van der Waals surface area contributed by atoms with Gasteiger partial charge in [-0.15, -0.1) is 0 Å². The van der Waals surface area contributed by atoms with Crippen LogP contribution in [0.4, 0.5) is 0 Å². The van der Waals surface area contributed by atoms with Crippen molar-refractivity contribution in [3.8, 4) is 0 Å². The number of carbonyl (C=O) groups excluding carboxylic acids is 2. The van der Waals surface area contributed by atoms with Crippen molar-refractivity contribution in [2.45, 2.75) is 39.0 Å². The van der Waals surface area contributed by atoms with E-state index < -0.39 is 0 Å². The van der Waals surface area contributed by atoms with Crippen molar-refractivity contribution in [3.63, 3.8) is 0 Å². The number of hydrogen-bond donors (Lipinski definition) is 1. The van der Waals surface area contributed by atoms with Crippen LogP contribution in [0.1, 0.15) is 39.0 Å². The maximum atomic E-state index is 12.7. The molecule has 114 valence electrons. The van der Waals surface area contributed by atoms with E-state index >= 15 is 0 Å². The first kappa shape index (κ1) is 15.3. The molecule has 0 aromatic rings. The van der Waals surface area contributed by atoms with Gasteiger partial charge >= 0.3 is 0 Å². The van der Waals surface area contributed by atoms with Crippen LogP contribution < -0.4 is 5.32 Å². The molecule has 2 rings (SSSR count). The van der Waals surface area contributed by atoms with Gasteiger partial charge in [0.1, 0.15) is 0 Å². The number of nitrogens with zero attached hydrogens (tertiary/aromatic N) is 2. The summed E-state index contributed by atoms with van der Waals surface area (Å²) in [6.45, 7) is 5.72. The third-order valence-electron chi connectivity index (χ3n) is 4.78. The molecule has 2 aliphatic heterocycles. The molecule has 0 spiro atoms.